The Morgan fingerprint density at radius 3 is 2.46 bits per heavy atom. The third kappa shape index (κ3) is 4.60. The Balaban J connectivity index is 1.92. The van der Waals surface area contributed by atoms with Gasteiger partial charge in [-0.25, -0.2) is 0 Å². The largest absolute Gasteiger partial charge is 0.496 e. The molecule has 0 radical (unpaired) electrons. The van der Waals surface area contributed by atoms with Crippen molar-refractivity contribution in [1.29, 1.82) is 0 Å². The van der Waals surface area contributed by atoms with Gasteiger partial charge in [-0.1, -0.05) is 35.9 Å². The third-order valence-electron chi connectivity index (χ3n) is 4.37. The van der Waals surface area contributed by atoms with E-state index in [-0.39, 0.29) is 11.9 Å². The number of carbonyl (C=O) groups excluding carboxylic acids is 1. The van der Waals surface area contributed by atoms with Gasteiger partial charge in [0.15, 0.2) is 0 Å². The third-order valence-corrected chi connectivity index (χ3v) is 4.37. The summed E-state index contributed by atoms with van der Waals surface area (Å²) in [6.07, 6.45) is 1.22. The molecular formula is C21H27NO2. The van der Waals surface area contributed by atoms with Crippen LogP contribution < -0.4 is 10.1 Å². The fraction of sp³-hybridized carbons (Fsp3) is 0.381. The summed E-state index contributed by atoms with van der Waals surface area (Å²) < 4.78 is 5.27. The summed E-state index contributed by atoms with van der Waals surface area (Å²) in [7, 11) is 1.67. The van der Waals surface area contributed by atoms with Gasteiger partial charge in [0, 0.05) is 6.42 Å². The van der Waals surface area contributed by atoms with E-state index in [1.165, 1.54) is 16.7 Å². The molecule has 2 aromatic carbocycles. The number of ether oxygens (including phenoxy) is 1. The average molecular weight is 325 g/mol. The van der Waals surface area contributed by atoms with Gasteiger partial charge in [0.25, 0.3) is 0 Å². The molecule has 3 heteroatoms. The van der Waals surface area contributed by atoms with Crippen molar-refractivity contribution >= 4 is 5.91 Å². The lowest BCUT2D eigenvalue weighted by atomic mass is 10.00. The summed E-state index contributed by atoms with van der Waals surface area (Å²) in [5, 5.41) is 3.10. The first-order chi connectivity index (χ1) is 11.4. The van der Waals surface area contributed by atoms with Gasteiger partial charge < -0.3 is 10.1 Å². The van der Waals surface area contributed by atoms with Crippen molar-refractivity contribution in [3.05, 3.63) is 64.2 Å². The number of nitrogens with one attached hydrogen (secondary N) is 1. The predicted molar refractivity (Wildman–Crippen MR) is 98.5 cm³/mol. The highest BCUT2D eigenvalue weighted by Gasteiger charge is 2.12. The molecule has 1 atom stereocenters. The molecular weight excluding hydrogens is 298 g/mol. The summed E-state index contributed by atoms with van der Waals surface area (Å²) in [6.45, 7) is 8.22. The van der Waals surface area contributed by atoms with Gasteiger partial charge >= 0.3 is 0 Å². The molecule has 1 N–H and O–H groups in total. The predicted octanol–water partition coefficient (Wildman–Crippen LogP) is 4.43. The van der Waals surface area contributed by atoms with E-state index in [4.69, 9.17) is 4.74 Å². The van der Waals surface area contributed by atoms with Crippen molar-refractivity contribution in [1.82, 2.24) is 5.32 Å². The first-order valence-electron chi connectivity index (χ1n) is 8.40. The van der Waals surface area contributed by atoms with Crippen molar-refractivity contribution in [2.45, 2.75) is 46.6 Å². The van der Waals surface area contributed by atoms with Gasteiger partial charge in [-0.15, -0.1) is 0 Å². The number of hydrogen-bond donors (Lipinski definition) is 1. The maximum atomic E-state index is 12.3. The number of amides is 1. The number of benzene rings is 2. The Kier molecular flexibility index (Phi) is 6.02. The molecule has 1 amide bonds. The van der Waals surface area contributed by atoms with E-state index in [0.29, 0.717) is 6.42 Å². The number of aryl methyl sites for hydroxylation is 4. The second-order valence-electron chi connectivity index (χ2n) is 6.45. The molecule has 0 aromatic heterocycles. The van der Waals surface area contributed by atoms with Crippen molar-refractivity contribution in [3.8, 4) is 5.75 Å². The van der Waals surface area contributed by atoms with Gasteiger partial charge in [-0.05, 0) is 62.4 Å². The molecule has 0 unspecified atom stereocenters. The molecule has 0 aliphatic carbocycles. The lowest BCUT2D eigenvalue weighted by Gasteiger charge is -2.17. The fourth-order valence-corrected chi connectivity index (χ4v) is 3.06. The number of carbonyl (C=O) groups is 1. The van der Waals surface area contributed by atoms with Crippen LogP contribution in [0, 0.1) is 20.8 Å². The minimum atomic E-state index is 0.0238. The summed E-state index contributed by atoms with van der Waals surface area (Å²) >= 11 is 0. The highest BCUT2D eigenvalue weighted by molar-refractivity contribution is 5.76. The molecule has 0 aliphatic rings. The fourth-order valence-electron chi connectivity index (χ4n) is 3.06. The molecule has 3 nitrogen and oxygen atoms in total. The Labute approximate surface area is 145 Å². The smallest absolute Gasteiger partial charge is 0.220 e. The zero-order valence-electron chi connectivity index (χ0n) is 15.3. The van der Waals surface area contributed by atoms with Gasteiger partial charge in [0.05, 0.1) is 13.2 Å². The van der Waals surface area contributed by atoms with Crippen molar-refractivity contribution in [3.63, 3.8) is 0 Å². The summed E-state index contributed by atoms with van der Waals surface area (Å²) in [5.41, 5.74) is 5.88. The molecule has 0 saturated heterocycles. The molecule has 24 heavy (non-hydrogen) atoms. The van der Waals surface area contributed by atoms with E-state index in [0.717, 1.165) is 23.3 Å². The van der Waals surface area contributed by atoms with Crippen molar-refractivity contribution < 1.29 is 9.53 Å². The lowest BCUT2D eigenvalue weighted by Crippen LogP contribution is -2.27. The van der Waals surface area contributed by atoms with Crippen molar-refractivity contribution in [2.24, 2.45) is 0 Å². The van der Waals surface area contributed by atoms with E-state index in [9.17, 15) is 4.79 Å². The van der Waals surface area contributed by atoms with Crippen LogP contribution in [0.15, 0.2) is 36.4 Å². The highest BCUT2D eigenvalue weighted by atomic mass is 16.5. The number of methoxy groups -OCH3 is 1. The zero-order valence-corrected chi connectivity index (χ0v) is 15.3. The average Bonchev–Trinajstić information content (AvgIpc) is 2.52. The van der Waals surface area contributed by atoms with E-state index < -0.39 is 0 Å². The topological polar surface area (TPSA) is 38.3 Å². The van der Waals surface area contributed by atoms with Gasteiger partial charge in [0.1, 0.15) is 5.75 Å². The Bertz CT molecular complexity index is 722. The van der Waals surface area contributed by atoms with E-state index in [1.807, 2.05) is 26.0 Å². The van der Waals surface area contributed by atoms with Crippen LogP contribution in [-0.4, -0.2) is 13.0 Å². The first kappa shape index (κ1) is 18.1. The molecule has 0 spiro atoms. The van der Waals surface area contributed by atoms with Crippen molar-refractivity contribution in [2.75, 3.05) is 7.11 Å². The van der Waals surface area contributed by atoms with Crippen LogP contribution in [0.1, 0.15) is 47.2 Å². The molecule has 0 fully saturated rings. The second kappa shape index (κ2) is 8.00. The molecule has 0 saturated carbocycles. The van der Waals surface area contributed by atoms with Gasteiger partial charge in [-0.3, -0.25) is 4.79 Å². The van der Waals surface area contributed by atoms with Crippen LogP contribution in [-0.2, 0) is 11.2 Å². The Morgan fingerprint density at radius 2 is 1.83 bits per heavy atom. The summed E-state index contributed by atoms with van der Waals surface area (Å²) in [4.78, 5) is 12.3. The highest BCUT2D eigenvalue weighted by Crippen LogP contribution is 2.20. The van der Waals surface area contributed by atoms with E-state index in [2.05, 4.69) is 43.4 Å². The normalized spacial score (nSPS) is 11.9. The van der Waals surface area contributed by atoms with Gasteiger partial charge in [0.2, 0.25) is 5.91 Å². The minimum absolute atomic E-state index is 0.0238. The molecule has 0 heterocycles. The Morgan fingerprint density at radius 1 is 1.08 bits per heavy atom. The van der Waals surface area contributed by atoms with Gasteiger partial charge in [-0.2, -0.15) is 0 Å². The maximum absolute atomic E-state index is 12.3. The molecule has 0 aliphatic heterocycles. The number of rotatable bonds is 6. The molecule has 2 rings (SSSR count). The first-order valence-corrected chi connectivity index (χ1v) is 8.40. The Hall–Kier alpha value is -2.29. The molecule has 2 aromatic rings. The standard InChI is InChI=1S/C21H27NO2/c1-14-6-9-19(15(2)12-14)17(4)22-21(23)11-8-18-7-10-20(24-5)16(3)13-18/h6-7,9-10,12-13,17H,8,11H2,1-5H3,(H,22,23)/t17-/m1/s1. The minimum Gasteiger partial charge on any atom is -0.496 e. The van der Waals surface area contributed by atoms with Crippen LogP contribution >= 0.6 is 0 Å². The SMILES string of the molecule is COc1ccc(CCC(=O)N[C@H](C)c2ccc(C)cc2C)cc1C. The summed E-state index contributed by atoms with van der Waals surface area (Å²) in [6, 6.07) is 12.4. The van der Waals surface area contributed by atoms with Crippen LogP contribution in [0.5, 0.6) is 5.75 Å². The number of hydrogen-bond acceptors (Lipinski definition) is 2. The zero-order chi connectivity index (χ0) is 17.7. The van der Waals surface area contributed by atoms with Crippen LogP contribution in [0.3, 0.4) is 0 Å². The van der Waals surface area contributed by atoms with Crippen LogP contribution in [0.2, 0.25) is 0 Å². The summed E-state index contributed by atoms with van der Waals surface area (Å²) in [5.74, 6) is 0.961. The lowest BCUT2D eigenvalue weighted by molar-refractivity contribution is -0.121. The monoisotopic (exact) mass is 325 g/mol. The maximum Gasteiger partial charge on any atom is 0.220 e. The van der Waals surface area contributed by atoms with Crippen LogP contribution in [0.25, 0.3) is 0 Å². The molecule has 128 valence electrons. The van der Waals surface area contributed by atoms with E-state index >= 15 is 0 Å². The molecule has 0 bridgehead atoms. The second-order valence-corrected chi connectivity index (χ2v) is 6.45. The van der Waals surface area contributed by atoms with Crippen LogP contribution in [0.4, 0.5) is 0 Å². The van der Waals surface area contributed by atoms with E-state index in [1.54, 1.807) is 7.11 Å². The quantitative estimate of drug-likeness (QED) is 0.853.